The highest BCUT2D eigenvalue weighted by atomic mass is 35.7. The average Bonchev–Trinajstić information content (AvgIpc) is 2.80. The van der Waals surface area contributed by atoms with E-state index in [9.17, 15) is 8.42 Å². The zero-order valence-electron chi connectivity index (χ0n) is 9.88. The van der Waals surface area contributed by atoms with Crippen molar-refractivity contribution in [1.29, 1.82) is 0 Å². The van der Waals surface area contributed by atoms with Crippen LogP contribution in [0.4, 0.5) is 0 Å². The summed E-state index contributed by atoms with van der Waals surface area (Å²) in [5.74, 6) is 0.367. The Balaban J connectivity index is 2.16. The fraction of sp³-hybridized carbons (Fsp3) is 0. The topological polar surface area (TPSA) is 60.2 Å². The largest absolute Gasteiger partial charge is 0.436 e. The first-order valence-corrected chi connectivity index (χ1v) is 8.23. The highest BCUT2D eigenvalue weighted by Gasteiger charge is 2.14. The van der Waals surface area contributed by atoms with Gasteiger partial charge in [-0.15, -0.1) is 0 Å². The van der Waals surface area contributed by atoms with E-state index >= 15 is 0 Å². The standard InChI is InChI=1S/C13H7Cl2NO3S/c14-9-3-1-2-8(6-9)13-16-11-5-4-10(20(15,17)18)7-12(11)19-13/h1-7H. The second-order valence-electron chi connectivity index (χ2n) is 4.10. The molecule has 0 spiro atoms. The third-order valence-corrected chi connectivity index (χ3v) is 4.30. The number of nitrogens with zero attached hydrogens (tertiary/aromatic N) is 1. The van der Waals surface area contributed by atoms with E-state index in [0.717, 1.165) is 0 Å². The van der Waals surface area contributed by atoms with Crippen LogP contribution < -0.4 is 0 Å². The molecule has 0 amide bonds. The Kier molecular flexibility index (Phi) is 3.20. The van der Waals surface area contributed by atoms with E-state index in [4.69, 9.17) is 26.7 Å². The second kappa shape index (κ2) is 4.77. The van der Waals surface area contributed by atoms with Crippen LogP contribution in [-0.4, -0.2) is 13.4 Å². The third kappa shape index (κ3) is 2.52. The zero-order valence-corrected chi connectivity index (χ0v) is 12.2. The van der Waals surface area contributed by atoms with Gasteiger partial charge in [-0.3, -0.25) is 0 Å². The van der Waals surface area contributed by atoms with Gasteiger partial charge in [0, 0.05) is 27.3 Å². The molecular weight excluding hydrogens is 321 g/mol. The molecule has 3 aromatic rings. The van der Waals surface area contributed by atoms with Gasteiger partial charge in [0.2, 0.25) is 5.89 Å². The summed E-state index contributed by atoms with van der Waals surface area (Å²) in [6.07, 6.45) is 0. The minimum absolute atomic E-state index is 0.0274. The molecule has 1 heterocycles. The molecule has 0 unspecified atom stereocenters. The van der Waals surface area contributed by atoms with Crippen molar-refractivity contribution in [2.75, 3.05) is 0 Å². The van der Waals surface area contributed by atoms with Crippen LogP contribution in [0.2, 0.25) is 5.02 Å². The van der Waals surface area contributed by atoms with Crippen LogP contribution in [0.15, 0.2) is 51.8 Å². The first-order chi connectivity index (χ1) is 9.43. The summed E-state index contributed by atoms with van der Waals surface area (Å²) in [6, 6.07) is 11.3. The van der Waals surface area contributed by atoms with Crippen LogP contribution in [0, 0.1) is 0 Å². The fourth-order valence-corrected chi connectivity index (χ4v) is 2.76. The zero-order chi connectivity index (χ0) is 14.3. The summed E-state index contributed by atoms with van der Waals surface area (Å²) in [4.78, 5) is 4.26. The van der Waals surface area contributed by atoms with Crippen LogP contribution in [0.1, 0.15) is 0 Å². The summed E-state index contributed by atoms with van der Waals surface area (Å²) < 4.78 is 28.1. The monoisotopic (exact) mass is 327 g/mol. The molecule has 0 aliphatic carbocycles. The van der Waals surface area contributed by atoms with Gasteiger partial charge in [-0.2, -0.15) is 0 Å². The number of aromatic nitrogens is 1. The summed E-state index contributed by atoms with van der Waals surface area (Å²) in [5, 5.41) is 0.564. The molecule has 3 rings (SSSR count). The Morgan fingerprint density at radius 2 is 1.90 bits per heavy atom. The Labute approximate surface area is 124 Å². The number of oxazole rings is 1. The Morgan fingerprint density at radius 1 is 1.10 bits per heavy atom. The van der Waals surface area contributed by atoms with Crippen LogP contribution in [-0.2, 0) is 9.05 Å². The SMILES string of the molecule is O=S(=O)(Cl)c1ccc2nc(-c3cccc(Cl)c3)oc2c1. The molecule has 0 aliphatic rings. The van der Waals surface area contributed by atoms with E-state index in [1.165, 1.54) is 12.1 Å². The molecule has 2 aromatic carbocycles. The molecule has 0 saturated heterocycles. The number of hydrogen-bond donors (Lipinski definition) is 0. The predicted molar refractivity (Wildman–Crippen MR) is 77.5 cm³/mol. The molecule has 0 saturated carbocycles. The minimum Gasteiger partial charge on any atom is -0.436 e. The van der Waals surface area contributed by atoms with Crippen molar-refractivity contribution in [2.24, 2.45) is 0 Å². The highest BCUT2D eigenvalue weighted by Crippen LogP contribution is 2.28. The van der Waals surface area contributed by atoms with Crippen LogP contribution in [0.3, 0.4) is 0 Å². The first kappa shape index (κ1) is 13.4. The van der Waals surface area contributed by atoms with E-state index in [1.807, 2.05) is 0 Å². The van der Waals surface area contributed by atoms with Gasteiger partial charge >= 0.3 is 0 Å². The van der Waals surface area contributed by atoms with Crippen molar-refractivity contribution in [3.05, 3.63) is 47.5 Å². The molecule has 7 heteroatoms. The van der Waals surface area contributed by atoms with Gasteiger partial charge in [-0.1, -0.05) is 17.7 Å². The number of rotatable bonds is 2. The van der Waals surface area contributed by atoms with E-state index in [2.05, 4.69) is 4.98 Å². The van der Waals surface area contributed by atoms with Crippen LogP contribution in [0.5, 0.6) is 0 Å². The summed E-state index contributed by atoms with van der Waals surface area (Å²) >= 11 is 5.91. The van der Waals surface area contributed by atoms with Crippen molar-refractivity contribution in [3.63, 3.8) is 0 Å². The van der Waals surface area contributed by atoms with Crippen LogP contribution >= 0.6 is 22.3 Å². The van der Waals surface area contributed by atoms with Crippen molar-refractivity contribution >= 4 is 42.4 Å². The Morgan fingerprint density at radius 3 is 2.60 bits per heavy atom. The molecule has 0 N–H and O–H groups in total. The fourth-order valence-electron chi connectivity index (χ4n) is 1.80. The van der Waals surface area contributed by atoms with E-state index < -0.39 is 9.05 Å². The lowest BCUT2D eigenvalue weighted by molar-refractivity contribution is 0.606. The molecule has 1 aromatic heterocycles. The number of hydrogen-bond acceptors (Lipinski definition) is 4. The van der Waals surface area contributed by atoms with Gasteiger partial charge in [0.1, 0.15) is 5.52 Å². The maximum Gasteiger partial charge on any atom is 0.261 e. The number of benzene rings is 2. The number of halogens is 2. The Hall–Kier alpha value is -1.56. The van der Waals surface area contributed by atoms with Crippen molar-refractivity contribution in [3.8, 4) is 11.5 Å². The first-order valence-electron chi connectivity index (χ1n) is 5.55. The van der Waals surface area contributed by atoms with Gasteiger partial charge in [-0.25, -0.2) is 13.4 Å². The van der Waals surface area contributed by atoms with Crippen molar-refractivity contribution in [1.82, 2.24) is 4.98 Å². The quantitative estimate of drug-likeness (QED) is 0.665. The normalized spacial score (nSPS) is 11.9. The highest BCUT2D eigenvalue weighted by molar-refractivity contribution is 8.13. The summed E-state index contributed by atoms with van der Waals surface area (Å²) in [5.41, 5.74) is 1.61. The summed E-state index contributed by atoms with van der Waals surface area (Å²) in [6.45, 7) is 0. The van der Waals surface area contributed by atoms with Gasteiger partial charge in [0.05, 0.1) is 4.90 Å². The second-order valence-corrected chi connectivity index (χ2v) is 7.10. The Bertz CT molecular complexity index is 903. The van der Waals surface area contributed by atoms with E-state index in [1.54, 1.807) is 30.3 Å². The molecule has 4 nitrogen and oxygen atoms in total. The molecule has 102 valence electrons. The van der Waals surface area contributed by atoms with Gasteiger partial charge < -0.3 is 4.42 Å². The van der Waals surface area contributed by atoms with Crippen LogP contribution in [0.25, 0.3) is 22.6 Å². The van der Waals surface area contributed by atoms with Gasteiger partial charge in [0.25, 0.3) is 9.05 Å². The minimum atomic E-state index is -3.79. The summed E-state index contributed by atoms with van der Waals surface area (Å²) in [7, 11) is 1.50. The molecular formula is C13H7Cl2NO3S. The maximum atomic E-state index is 11.3. The molecule has 0 radical (unpaired) electrons. The average molecular weight is 328 g/mol. The number of fused-ring (bicyclic) bond motifs is 1. The van der Waals surface area contributed by atoms with E-state index in [-0.39, 0.29) is 4.90 Å². The molecule has 0 aliphatic heterocycles. The van der Waals surface area contributed by atoms with E-state index in [0.29, 0.717) is 27.6 Å². The smallest absolute Gasteiger partial charge is 0.261 e. The third-order valence-electron chi connectivity index (χ3n) is 2.71. The molecule has 0 fully saturated rings. The molecule has 0 atom stereocenters. The van der Waals surface area contributed by atoms with Crippen molar-refractivity contribution < 1.29 is 12.8 Å². The molecule has 20 heavy (non-hydrogen) atoms. The van der Waals surface area contributed by atoms with Gasteiger partial charge in [-0.05, 0) is 30.3 Å². The molecule has 0 bridgehead atoms. The predicted octanol–water partition coefficient (Wildman–Crippen LogP) is 4.08. The lowest BCUT2D eigenvalue weighted by atomic mass is 10.2. The van der Waals surface area contributed by atoms with Crippen molar-refractivity contribution in [2.45, 2.75) is 4.90 Å². The van der Waals surface area contributed by atoms with Gasteiger partial charge in [0.15, 0.2) is 5.58 Å². The maximum absolute atomic E-state index is 11.3. The lowest BCUT2D eigenvalue weighted by Crippen LogP contribution is -1.88. The lowest BCUT2D eigenvalue weighted by Gasteiger charge is -1.95.